The van der Waals surface area contributed by atoms with E-state index in [1.165, 1.54) is 231 Å². The van der Waals surface area contributed by atoms with E-state index in [4.69, 9.17) is 4.74 Å². The van der Waals surface area contributed by atoms with E-state index in [1.807, 2.05) is 0 Å². The minimum Gasteiger partial charge on any atom is -0.466 e. The standard InChI is InChI=1S/C61H115NO5/c1-3-5-7-9-11-13-15-16-17-18-25-28-31-35-39-43-47-51-55-61(66)67-56-52-48-44-40-36-32-29-26-23-21-19-20-22-24-27-30-34-38-42-46-50-54-60(65)62-58(57-63)59(64)53-49-45-41-37-33-14-12-10-8-6-4-2/h13,15,17-18,20,22,58-59,63-64H,3-12,14,16,19,21,23-57H2,1-2H3,(H,62,65)/b15-13-,18-17-,22-20-. The number of unbranched alkanes of at least 4 members (excludes halogenated alkanes) is 38. The highest BCUT2D eigenvalue weighted by atomic mass is 16.5. The Morgan fingerprint density at radius 1 is 0.418 bits per heavy atom. The van der Waals surface area contributed by atoms with E-state index in [1.54, 1.807) is 0 Å². The molecule has 6 nitrogen and oxygen atoms in total. The molecule has 0 saturated carbocycles. The highest BCUT2D eigenvalue weighted by Gasteiger charge is 2.20. The molecule has 6 heteroatoms. The summed E-state index contributed by atoms with van der Waals surface area (Å²) in [7, 11) is 0. The van der Waals surface area contributed by atoms with Crippen molar-refractivity contribution < 1.29 is 24.5 Å². The summed E-state index contributed by atoms with van der Waals surface area (Å²) in [5.41, 5.74) is 0. The molecule has 0 aliphatic rings. The van der Waals surface area contributed by atoms with Crippen molar-refractivity contribution in [3.8, 4) is 0 Å². The molecule has 0 aliphatic heterocycles. The zero-order valence-corrected chi connectivity index (χ0v) is 44.9. The number of aliphatic hydroxyl groups is 2. The summed E-state index contributed by atoms with van der Waals surface area (Å²) in [5.74, 6) is -0.0431. The monoisotopic (exact) mass is 942 g/mol. The third-order valence-corrected chi connectivity index (χ3v) is 13.7. The molecule has 3 N–H and O–H groups in total. The van der Waals surface area contributed by atoms with E-state index < -0.39 is 12.1 Å². The normalized spacial score (nSPS) is 12.8. The van der Waals surface area contributed by atoms with Crippen LogP contribution >= 0.6 is 0 Å². The maximum absolute atomic E-state index is 12.4. The summed E-state index contributed by atoms with van der Waals surface area (Å²) in [6, 6.07) is -0.546. The second kappa shape index (κ2) is 56.7. The first-order chi connectivity index (χ1) is 33.0. The van der Waals surface area contributed by atoms with E-state index in [2.05, 4.69) is 55.6 Å². The Morgan fingerprint density at radius 2 is 0.746 bits per heavy atom. The van der Waals surface area contributed by atoms with Gasteiger partial charge in [0.2, 0.25) is 5.91 Å². The number of ether oxygens (including phenoxy) is 1. The molecule has 0 saturated heterocycles. The number of hydrogen-bond donors (Lipinski definition) is 3. The van der Waals surface area contributed by atoms with Crippen LogP contribution in [-0.2, 0) is 14.3 Å². The van der Waals surface area contributed by atoms with Crippen LogP contribution in [0.4, 0.5) is 0 Å². The van der Waals surface area contributed by atoms with Gasteiger partial charge < -0.3 is 20.3 Å². The average molecular weight is 943 g/mol. The molecule has 0 heterocycles. The third-order valence-electron chi connectivity index (χ3n) is 13.7. The Kier molecular flexibility index (Phi) is 55.0. The summed E-state index contributed by atoms with van der Waals surface area (Å²) >= 11 is 0. The molecule has 0 aliphatic carbocycles. The maximum atomic E-state index is 12.4. The number of carbonyl (C=O) groups is 2. The molecule has 0 aromatic heterocycles. The predicted octanol–water partition coefficient (Wildman–Crippen LogP) is 18.4. The maximum Gasteiger partial charge on any atom is 0.305 e. The molecule has 2 atom stereocenters. The largest absolute Gasteiger partial charge is 0.466 e. The SMILES string of the molecule is CCCCCC/C=C\C/C=C\CCCCCCCCCC(=O)OCCCCCCCCCCCC/C=C\CCCCCCCCCC(=O)NC(CO)C(O)CCCCCCCCCCCCC. The lowest BCUT2D eigenvalue weighted by Crippen LogP contribution is -2.45. The molecule has 394 valence electrons. The van der Waals surface area contributed by atoms with Gasteiger partial charge in [-0.2, -0.15) is 0 Å². The number of amides is 1. The molecular weight excluding hydrogens is 827 g/mol. The van der Waals surface area contributed by atoms with Crippen molar-refractivity contribution >= 4 is 11.9 Å². The lowest BCUT2D eigenvalue weighted by atomic mass is 10.0. The fraction of sp³-hybridized carbons (Fsp3) is 0.869. The van der Waals surface area contributed by atoms with Crippen molar-refractivity contribution in [2.45, 2.75) is 328 Å². The Morgan fingerprint density at radius 3 is 1.16 bits per heavy atom. The van der Waals surface area contributed by atoms with Crippen molar-refractivity contribution in [2.24, 2.45) is 0 Å². The molecule has 0 aromatic carbocycles. The van der Waals surface area contributed by atoms with Crippen molar-refractivity contribution in [2.75, 3.05) is 13.2 Å². The average Bonchev–Trinajstić information content (AvgIpc) is 3.33. The number of nitrogens with one attached hydrogen (secondary N) is 1. The minimum atomic E-state index is -0.668. The van der Waals surface area contributed by atoms with Gasteiger partial charge in [-0.05, 0) is 83.5 Å². The topological polar surface area (TPSA) is 95.9 Å². The first-order valence-corrected chi connectivity index (χ1v) is 29.7. The highest BCUT2D eigenvalue weighted by molar-refractivity contribution is 5.76. The van der Waals surface area contributed by atoms with Gasteiger partial charge in [0.05, 0.1) is 25.4 Å². The smallest absolute Gasteiger partial charge is 0.305 e. The molecule has 0 spiro atoms. The molecule has 1 amide bonds. The van der Waals surface area contributed by atoms with E-state index in [0.29, 0.717) is 25.9 Å². The zero-order chi connectivity index (χ0) is 48.6. The van der Waals surface area contributed by atoms with Gasteiger partial charge in [-0.1, -0.05) is 256 Å². The number of allylic oxidation sites excluding steroid dienone is 6. The van der Waals surface area contributed by atoms with Crippen molar-refractivity contribution in [3.63, 3.8) is 0 Å². The summed E-state index contributed by atoms with van der Waals surface area (Å²) in [5, 5.41) is 23.2. The van der Waals surface area contributed by atoms with Gasteiger partial charge in [0.25, 0.3) is 0 Å². The quantitative estimate of drug-likeness (QED) is 0.0321. The van der Waals surface area contributed by atoms with Crippen LogP contribution < -0.4 is 5.32 Å². The fourth-order valence-corrected chi connectivity index (χ4v) is 9.08. The highest BCUT2D eigenvalue weighted by Crippen LogP contribution is 2.17. The van der Waals surface area contributed by atoms with Crippen LogP contribution in [0.1, 0.15) is 316 Å². The lowest BCUT2D eigenvalue weighted by Gasteiger charge is -2.22. The number of aliphatic hydroxyl groups excluding tert-OH is 2. The van der Waals surface area contributed by atoms with E-state index in [0.717, 1.165) is 51.4 Å². The Balaban J connectivity index is 3.40. The molecule has 0 radical (unpaired) electrons. The molecule has 67 heavy (non-hydrogen) atoms. The summed E-state index contributed by atoms with van der Waals surface area (Å²) < 4.78 is 5.49. The van der Waals surface area contributed by atoms with E-state index in [9.17, 15) is 19.8 Å². The second-order valence-corrected chi connectivity index (χ2v) is 20.3. The first-order valence-electron chi connectivity index (χ1n) is 29.7. The van der Waals surface area contributed by atoms with Gasteiger partial charge >= 0.3 is 5.97 Å². The van der Waals surface area contributed by atoms with Gasteiger partial charge in [-0.15, -0.1) is 0 Å². The van der Waals surface area contributed by atoms with E-state index >= 15 is 0 Å². The third kappa shape index (κ3) is 53.3. The molecule has 0 aromatic rings. The van der Waals surface area contributed by atoms with Crippen molar-refractivity contribution in [1.82, 2.24) is 5.32 Å². The van der Waals surface area contributed by atoms with Crippen LogP contribution in [0.25, 0.3) is 0 Å². The van der Waals surface area contributed by atoms with Gasteiger partial charge in [0.15, 0.2) is 0 Å². The predicted molar refractivity (Wildman–Crippen MR) is 292 cm³/mol. The molecule has 0 fully saturated rings. The van der Waals surface area contributed by atoms with Gasteiger partial charge in [0.1, 0.15) is 0 Å². The van der Waals surface area contributed by atoms with Crippen molar-refractivity contribution in [3.05, 3.63) is 36.5 Å². The first kappa shape index (κ1) is 65.1. The zero-order valence-electron chi connectivity index (χ0n) is 44.9. The molecule has 0 bridgehead atoms. The minimum absolute atomic E-state index is 0.000714. The molecule has 0 rings (SSSR count). The molecular formula is C61H115NO5. The van der Waals surface area contributed by atoms with Crippen LogP contribution in [-0.4, -0.2) is 47.4 Å². The summed E-state index contributed by atoms with van der Waals surface area (Å²) in [6.07, 6.45) is 70.0. The van der Waals surface area contributed by atoms with Crippen molar-refractivity contribution in [1.29, 1.82) is 0 Å². The summed E-state index contributed by atoms with van der Waals surface area (Å²) in [4.78, 5) is 24.5. The Bertz CT molecular complexity index is 1090. The second-order valence-electron chi connectivity index (χ2n) is 20.3. The van der Waals surface area contributed by atoms with Gasteiger partial charge in [0, 0.05) is 12.8 Å². The number of carbonyl (C=O) groups excluding carboxylic acids is 2. The Hall–Kier alpha value is -1.92. The lowest BCUT2D eigenvalue weighted by molar-refractivity contribution is -0.143. The Labute approximate surface area is 417 Å². The number of hydrogen-bond acceptors (Lipinski definition) is 5. The van der Waals surface area contributed by atoms with Crippen LogP contribution in [0.5, 0.6) is 0 Å². The fourth-order valence-electron chi connectivity index (χ4n) is 9.08. The van der Waals surface area contributed by atoms with Gasteiger partial charge in [-0.25, -0.2) is 0 Å². The number of rotatable bonds is 55. The van der Waals surface area contributed by atoms with Crippen LogP contribution in [0.3, 0.4) is 0 Å². The number of esters is 1. The van der Waals surface area contributed by atoms with Crippen LogP contribution in [0.2, 0.25) is 0 Å². The summed E-state index contributed by atoms with van der Waals surface area (Å²) in [6.45, 7) is 4.92. The van der Waals surface area contributed by atoms with Crippen LogP contribution in [0, 0.1) is 0 Å². The van der Waals surface area contributed by atoms with Gasteiger partial charge in [-0.3, -0.25) is 9.59 Å². The van der Waals surface area contributed by atoms with E-state index in [-0.39, 0.29) is 18.5 Å². The van der Waals surface area contributed by atoms with Crippen LogP contribution in [0.15, 0.2) is 36.5 Å². The molecule has 2 unspecified atom stereocenters.